The fourth-order valence-corrected chi connectivity index (χ4v) is 6.18. The van der Waals surface area contributed by atoms with E-state index >= 15 is 0 Å². The highest BCUT2D eigenvalue weighted by molar-refractivity contribution is 7.10. The van der Waals surface area contributed by atoms with Crippen molar-refractivity contribution in [1.29, 1.82) is 0 Å². The minimum absolute atomic E-state index is 0.232. The predicted octanol–water partition coefficient (Wildman–Crippen LogP) is 2.59. The Morgan fingerprint density at radius 2 is 1.91 bits per heavy atom. The van der Waals surface area contributed by atoms with Crippen LogP contribution in [0.1, 0.15) is 37.3 Å². The van der Waals surface area contributed by atoms with Gasteiger partial charge < -0.3 is 9.64 Å². The number of aromatic nitrogens is 1. The van der Waals surface area contributed by atoms with E-state index in [9.17, 15) is 14.4 Å². The number of carbonyl (C=O) groups is 2. The summed E-state index contributed by atoms with van der Waals surface area (Å²) in [5.74, 6) is -0.728. The molecule has 1 aromatic carbocycles. The second-order valence-electron chi connectivity index (χ2n) is 8.13. The Morgan fingerprint density at radius 3 is 2.61 bits per heavy atom. The topological polar surface area (TPSA) is 81.0 Å². The third kappa shape index (κ3) is 3.30. The lowest BCUT2D eigenvalue weighted by Crippen LogP contribution is -2.40. The molecule has 0 N–H and O–H groups in total. The van der Waals surface area contributed by atoms with Crippen molar-refractivity contribution in [2.45, 2.75) is 32.9 Å². The summed E-state index contributed by atoms with van der Waals surface area (Å²) in [5.41, 5.74) is 2.35. The maximum Gasteiger partial charge on any atom is 0.338 e. The van der Waals surface area contributed by atoms with E-state index in [0.29, 0.717) is 26.2 Å². The Labute approximate surface area is 197 Å². The highest BCUT2D eigenvalue weighted by atomic mass is 32.1. The Balaban J connectivity index is 1.81. The van der Waals surface area contributed by atoms with E-state index in [1.165, 1.54) is 27.2 Å². The number of thiazole rings is 1. The molecule has 2 aromatic heterocycles. The first-order chi connectivity index (χ1) is 15.8. The van der Waals surface area contributed by atoms with E-state index in [-0.39, 0.29) is 17.6 Å². The number of amides is 1. The molecular formula is C24H21N3O4S2. The number of benzene rings is 1. The van der Waals surface area contributed by atoms with E-state index in [2.05, 4.69) is 4.99 Å². The van der Waals surface area contributed by atoms with E-state index in [4.69, 9.17) is 4.74 Å². The van der Waals surface area contributed by atoms with Gasteiger partial charge in [0.05, 0.1) is 28.6 Å². The average molecular weight is 480 g/mol. The van der Waals surface area contributed by atoms with Gasteiger partial charge in [-0.1, -0.05) is 35.6 Å². The van der Waals surface area contributed by atoms with Gasteiger partial charge in [-0.2, -0.15) is 0 Å². The van der Waals surface area contributed by atoms with Crippen LogP contribution >= 0.6 is 22.7 Å². The van der Waals surface area contributed by atoms with Crippen molar-refractivity contribution in [3.8, 4) is 0 Å². The molecule has 5 rings (SSSR count). The summed E-state index contributed by atoms with van der Waals surface area (Å²) in [4.78, 5) is 47.4. The SMILES string of the molecule is CC1=C(C(=O)OC(C)C)[C@@H](c2cccs2)n2c(s/c(=C3\C(=O)N(C)c4ccccc43)c2=O)=N1. The number of hydrogen-bond acceptors (Lipinski definition) is 7. The van der Waals surface area contributed by atoms with Crippen molar-refractivity contribution in [3.05, 3.63) is 83.2 Å². The number of fused-ring (bicyclic) bond motifs is 2. The fraction of sp³-hybridized carbons (Fsp3) is 0.250. The number of likely N-dealkylation sites (N-methyl/N-ethyl adjacent to an activating group) is 1. The monoisotopic (exact) mass is 479 g/mol. The molecule has 0 fully saturated rings. The van der Waals surface area contributed by atoms with Crippen LogP contribution < -0.4 is 19.8 Å². The molecule has 0 aliphatic carbocycles. The molecule has 0 spiro atoms. The second kappa shape index (κ2) is 7.93. The smallest absolute Gasteiger partial charge is 0.338 e. The van der Waals surface area contributed by atoms with Crippen LogP contribution in [0.25, 0.3) is 5.57 Å². The van der Waals surface area contributed by atoms with Gasteiger partial charge in [-0.3, -0.25) is 14.2 Å². The van der Waals surface area contributed by atoms with Crippen LogP contribution in [0, 0.1) is 0 Å². The Morgan fingerprint density at radius 1 is 1.15 bits per heavy atom. The zero-order valence-corrected chi connectivity index (χ0v) is 20.1. The van der Waals surface area contributed by atoms with Crippen LogP contribution in [-0.2, 0) is 14.3 Å². The minimum Gasteiger partial charge on any atom is -0.459 e. The Kier molecular flexibility index (Phi) is 5.18. The van der Waals surface area contributed by atoms with Crippen LogP contribution in [-0.4, -0.2) is 29.6 Å². The second-order valence-corrected chi connectivity index (χ2v) is 10.1. The summed E-state index contributed by atoms with van der Waals surface area (Å²) >= 11 is 2.63. The lowest BCUT2D eigenvalue weighted by Gasteiger charge is -2.24. The highest BCUT2D eigenvalue weighted by Crippen LogP contribution is 2.35. The standard InChI is InChI=1S/C24H21N3O4S2/c1-12(2)31-23(30)17-13(3)25-24-27(19(17)16-10-7-11-32-16)22(29)20(33-24)18-14-8-5-6-9-15(14)26(4)21(18)28/h5-12,19H,1-4H3/b20-18-/t19-/m1/s1. The normalized spacial score (nSPS) is 19.0. The van der Waals surface area contributed by atoms with E-state index in [1.54, 1.807) is 32.7 Å². The average Bonchev–Trinajstić information content (AvgIpc) is 3.46. The van der Waals surface area contributed by atoms with E-state index < -0.39 is 12.0 Å². The van der Waals surface area contributed by atoms with Crippen molar-refractivity contribution < 1.29 is 14.3 Å². The molecule has 0 unspecified atom stereocenters. The summed E-state index contributed by atoms with van der Waals surface area (Å²) < 4.78 is 7.34. The number of anilines is 1. The molecule has 2 aliphatic rings. The maximum atomic E-state index is 13.8. The zero-order valence-electron chi connectivity index (χ0n) is 18.5. The molecule has 0 saturated heterocycles. The van der Waals surface area contributed by atoms with Gasteiger partial charge in [0, 0.05) is 17.5 Å². The lowest BCUT2D eigenvalue weighted by atomic mass is 10.0. The number of allylic oxidation sites excluding steroid dienone is 1. The van der Waals surface area contributed by atoms with Gasteiger partial charge in [0.2, 0.25) is 0 Å². The third-order valence-electron chi connectivity index (χ3n) is 5.65. The number of ether oxygens (including phenoxy) is 1. The van der Waals surface area contributed by atoms with Crippen LogP contribution in [0.4, 0.5) is 5.69 Å². The molecule has 7 nitrogen and oxygen atoms in total. The van der Waals surface area contributed by atoms with E-state index in [1.807, 2.05) is 41.8 Å². The van der Waals surface area contributed by atoms with Crippen LogP contribution in [0.3, 0.4) is 0 Å². The summed E-state index contributed by atoms with van der Waals surface area (Å²) in [6, 6.07) is 10.5. The van der Waals surface area contributed by atoms with Gasteiger partial charge >= 0.3 is 5.97 Å². The minimum atomic E-state index is -0.661. The number of para-hydroxylation sites is 1. The number of carbonyl (C=O) groups excluding carboxylic acids is 2. The molecule has 9 heteroatoms. The van der Waals surface area contributed by atoms with Crippen LogP contribution in [0.15, 0.2) is 62.8 Å². The quantitative estimate of drug-likeness (QED) is 0.541. The number of rotatable bonds is 3. The van der Waals surface area contributed by atoms with Crippen LogP contribution in [0.5, 0.6) is 0 Å². The first-order valence-corrected chi connectivity index (χ1v) is 12.2. The van der Waals surface area contributed by atoms with Gasteiger partial charge in [-0.15, -0.1) is 11.3 Å². The van der Waals surface area contributed by atoms with Crippen LogP contribution in [0.2, 0.25) is 0 Å². The molecule has 0 bridgehead atoms. The first kappa shape index (κ1) is 21.5. The van der Waals surface area contributed by atoms with Crippen molar-refractivity contribution in [1.82, 2.24) is 4.57 Å². The molecule has 3 aromatic rings. The number of nitrogens with zero attached hydrogens (tertiary/aromatic N) is 3. The highest BCUT2D eigenvalue weighted by Gasteiger charge is 2.36. The summed E-state index contributed by atoms with van der Waals surface area (Å²) in [7, 11) is 1.70. The summed E-state index contributed by atoms with van der Waals surface area (Å²) in [5, 5.41) is 1.90. The molecule has 33 heavy (non-hydrogen) atoms. The summed E-state index contributed by atoms with van der Waals surface area (Å²) in [6.45, 7) is 5.32. The molecule has 168 valence electrons. The molecule has 4 heterocycles. The van der Waals surface area contributed by atoms with Gasteiger partial charge in [0.15, 0.2) is 4.80 Å². The first-order valence-electron chi connectivity index (χ1n) is 10.5. The predicted molar refractivity (Wildman–Crippen MR) is 128 cm³/mol. The van der Waals surface area contributed by atoms with Gasteiger partial charge in [-0.05, 0) is 38.3 Å². The van der Waals surface area contributed by atoms with Gasteiger partial charge in [-0.25, -0.2) is 9.79 Å². The number of thiophene rings is 1. The number of hydrogen-bond donors (Lipinski definition) is 0. The Hall–Kier alpha value is -3.30. The molecule has 2 aliphatic heterocycles. The van der Waals surface area contributed by atoms with Crippen molar-refractivity contribution in [2.24, 2.45) is 4.99 Å². The van der Waals surface area contributed by atoms with Gasteiger partial charge in [0.25, 0.3) is 11.5 Å². The zero-order chi connectivity index (χ0) is 23.4. The fourth-order valence-electron chi connectivity index (χ4n) is 4.22. The number of esters is 1. The van der Waals surface area contributed by atoms with Crippen molar-refractivity contribution >= 4 is 45.8 Å². The van der Waals surface area contributed by atoms with Gasteiger partial charge in [0.1, 0.15) is 10.6 Å². The molecular weight excluding hydrogens is 458 g/mol. The largest absolute Gasteiger partial charge is 0.459 e. The Bertz CT molecular complexity index is 1510. The maximum absolute atomic E-state index is 13.8. The molecule has 1 atom stereocenters. The van der Waals surface area contributed by atoms with Crippen molar-refractivity contribution in [2.75, 3.05) is 11.9 Å². The molecule has 1 amide bonds. The summed E-state index contributed by atoms with van der Waals surface area (Å²) in [6.07, 6.45) is -0.309. The molecule has 0 saturated carbocycles. The third-order valence-corrected chi connectivity index (χ3v) is 7.63. The van der Waals surface area contributed by atoms with Crippen molar-refractivity contribution in [3.63, 3.8) is 0 Å². The molecule has 0 radical (unpaired) electrons. The lowest BCUT2D eigenvalue weighted by molar-refractivity contribution is -0.143. The van der Waals surface area contributed by atoms with E-state index in [0.717, 1.165) is 16.1 Å².